The number of aromatic nitrogens is 2. The van der Waals surface area contributed by atoms with E-state index in [0.717, 1.165) is 43.0 Å². The molecule has 3 aromatic rings. The monoisotopic (exact) mass is 392 g/mol. The van der Waals surface area contributed by atoms with Crippen LogP contribution in [0.25, 0.3) is 5.82 Å². The summed E-state index contributed by atoms with van der Waals surface area (Å²) in [6, 6.07) is 12.4. The summed E-state index contributed by atoms with van der Waals surface area (Å²) in [4.78, 5) is 23.1. The zero-order valence-electron chi connectivity index (χ0n) is 16.0. The van der Waals surface area contributed by atoms with Crippen molar-refractivity contribution < 1.29 is 4.79 Å². The van der Waals surface area contributed by atoms with Crippen LogP contribution in [-0.2, 0) is 5.54 Å². The lowest BCUT2D eigenvalue weighted by Gasteiger charge is -2.47. The number of nitrogens with zero attached hydrogens (tertiary/aromatic N) is 4. The van der Waals surface area contributed by atoms with E-state index in [0.29, 0.717) is 6.54 Å². The first kappa shape index (κ1) is 17.5. The van der Waals surface area contributed by atoms with Crippen LogP contribution in [0, 0.1) is 0 Å². The van der Waals surface area contributed by atoms with Gasteiger partial charge in [0.2, 0.25) is 0 Å². The molecular weight excluding hydrogens is 368 g/mol. The molecule has 1 saturated heterocycles. The van der Waals surface area contributed by atoms with Gasteiger partial charge in [-0.05, 0) is 48.6 Å². The van der Waals surface area contributed by atoms with Crippen LogP contribution in [-0.4, -0.2) is 40.0 Å². The summed E-state index contributed by atoms with van der Waals surface area (Å²) >= 11 is 1.52. The number of amides is 1. The number of pyridine rings is 1. The average Bonchev–Trinajstić information content (AvgIpc) is 3.48. The quantitative estimate of drug-likeness (QED) is 0.665. The van der Waals surface area contributed by atoms with Gasteiger partial charge >= 0.3 is 0 Å². The number of thiophene rings is 1. The second kappa shape index (κ2) is 6.78. The molecule has 2 aliphatic rings. The van der Waals surface area contributed by atoms with Crippen LogP contribution < -0.4 is 4.90 Å². The lowest BCUT2D eigenvalue weighted by molar-refractivity contribution is 0.0786. The van der Waals surface area contributed by atoms with Crippen molar-refractivity contribution >= 4 is 22.9 Å². The fraction of sp³-hybridized carbons (Fsp3) is 0.364. The van der Waals surface area contributed by atoms with Gasteiger partial charge in [0.1, 0.15) is 5.54 Å². The third-order valence-corrected chi connectivity index (χ3v) is 6.89. The zero-order valence-corrected chi connectivity index (χ0v) is 16.9. The molecule has 144 valence electrons. The van der Waals surface area contributed by atoms with Crippen molar-refractivity contribution in [1.29, 1.82) is 0 Å². The lowest BCUT2D eigenvalue weighted by Crippen LogP contribution is -2.53. The standard InChI is InChI=1S/C22H24N4OS/c1-2-3-13-26-17-7-4-11-23-20(17)25-12-5-9-19(25)22(26)10-14-24(16-22)21(27)18-8-6-15-28-18/h4-9,11-12,15H,2-3,10,13-14,16H2,1H3. The Kier molecular flexibility index (Phi) is 4.23. The Morgan fingerprint density at radius 2 is 2.18 bits per heavy atom. The van der Waals surface area contributed by atoms with Gasteiger partial charge in [-0.15, -0.1) is 11.3 Å². The second-order valence-electron chi connectivity index (χ2n) is 7.60. The summed E-state index contributed by atoms with van der Waals surface area (Å²) in [5.41, 5.74) is 2.23. The molecule has 1 spiro atoms. The van der Waals surface area contributed by atoms with E-state index in [9.17, 15) is 4.79 Å². The van der Waals surface area contributed by atoms with Gasteiger partial charge in [0.15, 0.2) is 5.82 Å². The summed E-state index contributed by atoms with van der Waals surface area (Å²) in [7, 11) is 0. The average molecular weight is 393 g/mol. The van der Waals surface area contributed by atoms with Crippen LogP contribution in [0.15, 0.2) is 54.2 Å². The van der Waals surface area contributed by atoms with Gasteiger partial charge < -0.3 is 14.4 Å². The highest BCUT2D eigenvalue weighted by Gasteiger charge is 2.50. The zero-order chi connectivity index (χ0) is 19.1. The molecule has 0 aromatic carbocycles. The van der Waals surface area contributed by atoms with Gasteiger partial charge in [-0.3, -0.25) is 4.79 Å². The molecule has 1 fully saturated rings. The Morgan fingerprint density at radius 3 is 3.00 bits per heavy atom. The molecule has 0 N–H and O–H groups in total. The molecule has 1 atom stereocenters. The SMILES string of the molecule is CCCCN1c2cccnc2-n2cccc2C12CCN(C(=O)c1cccs1)C2. The highest BCUT2D eigenvalue weighted by atomic mass is 32.1. The number of fused-ring (bicyclic) bond motifs is 4. The van der Waals surface area contributed by atoms with Crippen molar-refractivity contribution in [3.05, 3.63) is 64.7 Å². The molecule has 3 aromatic heterocycles. The smallest absolute Gasteiger partial charge is 0.264 e. The number of unbranched alkanes of at least 4 members (excludes halogenated alkanes) is 1. The van der Waals surface area contributed by atoms with E-state index in [-0.39, 0.29) is 11.4 Å². The number of carbonyl (C=O) groups is 1. The Morgan fingerprint density at radius 1 is 1.25 bits per heavy atom. The van der Waals surface area contributed by atoms with E-state index in [2.05, 4.69) is 45.8 Å². The van der Waals surface area contributed by atoms with Crippen molar-refractivity contribution in [2.75, 3.05) is 24.5 Å². The predicted octanol–water partition coefficient (Wildman–Crippen LogP) is 4.30. The Balaban J connectivity index is 1.58. The van der Waals surface area contributed by atoms with E-state index in [1.165, 1.54) is 22.7 Å². The maximum absolute atomic E-state index is 13.0. The molecule has 0 aliphatic carbocycles. The molecule has 1 amide bonds. The largest absolute Gasteiger partial charge is 0.355 e. The van der Waals surface area contributed by atoms with Crippen molar-refractivity contribution in [2.45, 2.75) is 31.7 Å². The molecule has 0 saturated carbocycles. The van der Waals surface area contributed by atoms with Crippen molar-refractivity contribution in [3.63, 3.8) is 0 Å². The Hall–Kier alpha value is -2.60. The molecule has 5 nitrogen and oxygen atoms in total. The van der Waals surface area contributed by atoms with Crippen molar-refractivity contribution in [3.8, 4) is 5.82 Å². The normalized spacial score (nSPS) is 20.5. The minimum absolute atomic E-state index is 0.150. The number of anilines is 1. The number of hydrogen-bond acceptors (Lipinski definition) is 4. The van der Waals surface area contributed by atoms with Crippen molar-refractivity contribution in [2.24, 2.45) is 0 Å². The molecule has 0 bridgehead atoms. The third-order valence-electron chi connectivity index (χ3n) is 6.03. The van der Waals surface area contributed by atoms with Crippen molar-refractivity contribution in [1.82, 2.24) is 14.5 Å². The first-order valence-corrected chi connectivity index (χ1v) is 10.9. The van der Waals surface area contributed by atoms with Crippen LogP contribution in [0.4, 0.5) is 5.69 Å². The van der Waals surface area contributed by atoms with Crippen LogP contribution in [0.5, 0.6) is 0 Å². The molecule has 0 radical (unpaired) electrons. The van der Waals surface area contributed by atoms with Crippen LogP contribution >= 0.6 is 11.3 Å². The number of rotatable bonds is 4. The van der Waals surface area contributed by atoms with E-state index >= 15 is 0 Å². The van der Waals surface area contributed by atoms with E-state index in [4.69, 9.17) is 0 Å². The molecule has 1 unspecified atom stereocenters. The fourth-order valence-electron chi connectivity index (χ4n) is 4.70. The van der Waals surface area contributed by atoms with Gasteiger partial charge in [0.05, 0.1) is 16.3 Å². The molecule has 6 heteroatoms. The number of carbonyl (C=O) groups excluding carboxylic acids is 1. The third kappa shape index (κ3) is 2.51. The molecular formula is C22H24N4OS. The summed E-state index contributed by atoms with van der Waals surface area (Å²) in [6.45, 7) is 4.69. The maximum atomic E-state index is 13.0. The Bertz CT molecular complexity index is 996. The highest BCUT2D eigenvalue weighted by Crippen LogP contribution is 2.47. The highest BCUT2D eigenvalue weighted by molar-refractivity contribution is 7.12. The fourth-order valence-corrected chi connectivity index (χ4v) is 5.39. The summed E-state index contributed by atoms with van der Waals surface area (Å²) in [5.74, 6) is 1.14. The van der Waals surface area contributed by atoms with Gasteiger partial charge in [-0.1, -0.05) is 19.4 Å². The summed E-state index contributed by atoms with van der Waals surface area (Å²) in [5, 5.41) is 1.97. The summed E-state index contributed by atoms with van der Waals surface area (Å²) in [6.07, 6.45) is 7.16. The predicted molar refractivity (Wildman–Crippen MR) is 112 cm³/mol. The van der Waals surface area contributed by atoms with Gasteiger partial charge in [0.25, 0.3) is 5.91 Å². The molecule has 5 rings (SSSR count). The van der Waals surface area contributed by atoms with Crippen LogP contribution in [0.1, 0.15) is 41.6 Å². The van der Waals surface area contributed by atoms with Gasteiger partial charge in [-0.25, -0.2) is 4.98 Å². The lowest BCUT2D eigenvalue weighted by atomic mass is 9.88. The first-order chi connectivity index (χ1) is 13.7. The topological polar surface area (TPSA) is 41.4 Å². The minimum atomic E-state index is -0.193. The van der Waals surface area contributed by atoms with E-state index in [1.807, 2.05) is 34.7 Å². The Labute approximate surface area is 169 Å². The molecule has 28 heavy (non-hydrogen) atoms. The number of likely N-dealkylation sites (tertiary alicyclic amines) is 1. The van der Waals surface area contributed by atoms with E-state index < -0.39 is 0 Å². The van der Waals surface area contributed by atoms with Gasteiger partial charge in [-0.2, -0.15) is 0 Å². The van der Waals surface area contributed by atoms with Crippen LogP contribution in [0.3, 0.4) is 0 Å². The first-order valence-electron chi connectivity index (χ1n) is 9.98. The minimum Gasteiger partial charge on any atom is -0.355 e. The second-order valence-corrected chi connectivity index (χ2v) is 8.55. The van der Waals surface area contributed by atoms with E-state index in [1.54, 1.807) is 0 Å². The summed E-state index contributed by atoms with van der Waals surface area (Å²) < 4.78 is 2.22. The van der Waals surface area contributed by atoms with Gasteiger partial charge in [0, 0.05) is 32.0 Å². The molecule has 5 heterocycles. The number of hydrogen-bond donors (Lipinski definition) is 0. The molecule has 2 aliphatic heterocycles. The van der Waals surface area contributed by atoms with Crippen LogP contribution in [0.2, 0.25) is 0 Å². The maximum Gasteiger partial charge on any atom is 0.264 e.